The number of carbonyl (C=O) groups is 1. The molecule has 1 N–H and O–H groups in total. The van der Waals surface area contributed by atoms with Crippen molar-refractivity contribution in [1.29, 1.82) is 0 Å². The highest BCUT2D eigenvalue weighted by Gasteiger charge is 2.14. The number of hydrogen-bond donors (Lipinski definition) is 1. The van der Waals surface area contributed by atoms with Gasteiger partial charge in [-0.1, -0.05) is 24.3 Å². The second kappa shape index (κ2) is 6.10. The highest BCUT2D eigenvalue weighted by atomic mass is 16.5. The lowest BCUT2D eigenvalue weighted by Crippen LogP contribution is -2.05. The van der Waals surface area contributed by atoms with Gasteiger partial charge in [-0.15, -0.1) is 0 Å². The molecule has 0 aromatic heterocycles. The molecule has 0 aliphatic heterocycles. The van der Waals surface area contributed by atoms with Crippen LogP contribution in [-0.2, 0) is 4.74 Å². The molecule has 0 bridgehead atoms. The summed E-state index contributed by atoms with van der Waals surface area (Å²) in [5.41, 5.74) is 1.78. The lowest BCUT2D eigenvalue weighted by Gasteiger charge is -2.10. The SMILES string of the molecule is CCOC(=O)c1cc(-c2ccccc2OC)ccc1O. The molecule has 0 spiro atoms. The van der Waals surface area contributed by atoms with Gasteiger partial charge in [0.05, 0.1) is 13.7 Å². The highest BCUT2D eigenvalue weighted by Crippen LogP contribution is 2.32. The number of hydrogen-bond acceptors (Lipinski definition) is 4. The van der Waals surface area contributed by atoms with E-state index in [1.807, 2.05) is 24.3 Å². The number of carbonyl (C=O) groups excluding carboxylic acids is 1. The molecule has 4 nitrogen and oxygen atoms in total. The standard InChI is InChI=1S/C16H16O4/c1-3-20-16(18)13-10-11(8-9-14(13)17)12-6-4-5-7-15(12)19-2/h4-10,17H,3H2,1-2H3. The molecule has 0 fully saturated rings. The number of methoxy groups -OCH3 is 1. The van der Waals surface area contributed by atoms with Gasteiger partial charge in [0.1, 0.15) is 17.1 Å². The van der Waals surface area contributed by atoms with Crippen LogP contribution in [0.1, 0.15) is 17.3 Å². The minimum absolute atomic E-state index is 0.0953. The largest absolute Gasteiger partial charge is 0.507 e. The Morgan fingerprint density at radius 1 is 1.20 bits per heavy atom. The van der Waals surface area contributed by atoms with Crippen molar-refractivity contribution in [3.8, 4) is 22.6 Å². The molecular weight excluding hydrogens is 256 g/mol. The Morgan fingerprint density at radius 2 is 1.95 bits per heavy atom. The van der Waals surface area contributed by atoms with Gasteiger partial charge in [-0.3, -0.25) is 0 Å². The van der Waals surface area contributed by atoms with Crippen LogP contribution in [0.25, 0.3) is 11.1 Å². The third kappa shape index (κ3) is 2.74. The molecule has 0 aliphatic carbocycles. The van der Waals surface area contributed by atoms with Gasteiger partial charge in [-0.25, -0.2) is 4.79 Å². The Kier molecular flexibility index (Phi) is 4.25. The number of para-hydroxylation sites is 1. The molecule has 0 aliphatic rings. The van der Waals surface area contributed by atoms with Crippen molar-refractivity contribution in [3.05, 3.63) is 48.0 Å². The van der Waals surface area contributed by atoms with Crippen molar-refractivity contribution in [3.63, 3.8) is 0 Å². The van der Waals surface area contributed by atoms with E-state index in [4.69, 9.17) is 9.47 Å². The van der Waals surface area contributed by atoms with Crippen LogP contribution in [0.3, 0.4) is 0 Å². The van der Waals surface area contributed by atoms with Gasteiger partial charge in [-0.2, -0.15) is 0 Å². The van der Waals surface area contributed by atoms with E-state index in [9.17, 15) is 9.90 Å². The fraction of sp³-hybridized carbons (Fsp3) is 0.188. The predicted molar refractivity (Wildman–Crippen MR) is 76.1 cm³/mol. The molecule has 2 rings (SSSR count). The maximum Gasteiger partial charge on any atom is 0.341 e. The number of esters is 1. The van der Waals surface area contributed by atoms with E-state index in [1.54, 1.807) is 26.2 Å². The molecular formula is C16H16O4. The molecule has 0 heterocycles. The summed E-state index contributed by atoms with van der Waals surface area (Å²) in [6.45, 7) is 1.98. The topological polar surface area (TPSA) is 55.8 Å². The fourth-order valence-electron chi connectivity index (χ4n) is 1.96. The minimum atomic E-state index is -0.540. The average Bonchev–Trinajstić information content (AvgIpc) is 2.48. The molecule has 104 valence electrons. The van der Waals surface area contributed by atoms with Crippen LogP contribution >= 0.6 is 0 Å². The Balaban J connectivity index is 2.48. The van der Waals surface area contributed by atoms with Gasteiger partial charge >= 0.3 is 5.97 Å². The maximum atomic E-state index is 11.8. The zero-order valence-electron chi connectivity index (χ0n) is 11.4. The summed E-state index contributed by atoms with van der Waals surface area (Å²) in [4.78, 5) is 11.8. The van der Waals surface area contributed by atoms with Crippen molar-refractivity contribution in [2.75, 3.05) is 13.7 Å². The molecule has 0 saturated carbocycles. The number of aromatic hydroxyl groups is 1. The Hall–Kier alpha value is -2.49. The number of ether oxygens (including phenoxy) is 2. The number of phenolic OH excluding ortho intramolecular Hbond substituents is 1. The first-order chi connectivity index (χ1) is 9.67. The number of phenols is 1. The van der Waals surface area contributed by atoms with Gasteiger partial charge in [0, 0.05) is 5.56 Å². The zero-order valence-corrected chi connectivity index (χ0v) is 11.4. The van der Waals surface area contributed by atoms with Crippen LogP contribution in [0.2, 0.25) is 0 Å². The third-order valence-corrected chi connectivity index (χ3v) is 2.91. The molecule has 2 aromatic carbocycles. The molecule has 2 aromatic rings. The molecule has 0 amide bonds. The normalized spacial score (nSPS) is 10.1. The number of rotatable bonds is 4. The van der Waals surface area contributed by atoms with E-state index in [1.165, 1.54) is 6.07 Å². The second-order valence-corrected chi connectivity index (χ2v) is 4.15. The average molecular weight is 272 g/mol. The van der Waals surface area contributed by atoms with Crippen LogP contribution in [-0.4, -0.2) is 24.8 Å². The summed E-state index contributed by atoms with van der Waals surface area (Å²) in [5, 5.41) is 9.77. The van der Waals surface area contributed by atoms with Gasteiger partial charge in [0.2, 0.25) is 0 Å². The van der Waals surface area contributed by atoms with Crippen molar-refractivity contribution < 1.29 is 19.4 Å². The summed E-state index contributed by atoms with van der Waals surface area (Å²) >= 11 is 0. The van der Waals surface area contributed by atoms with Crippen LogP contribution in [0.15, 0.2) is 42.5 Å². The van der Waals surface area contributed by atoms with Crippen molar-refractivity contribution in [2.24, 2.45) is 0 Å². The van der Waals surface area contributed by atoms with Crippen LogP contribution < -0.4 is 4.74 Å². The third-order valence-electron chi connectivity index (χ3n) is 2.91. The monoisotopic (exact) mass is 272 g/mol. The Bertz CT molecular complexity index is 620. The van der Waals surface area contributed by atoms with E-state index < -0.39 is 5.97 Å². The first kappa shape index (κ1) is 13.9. The fourth-order valence-corrected chi connectivity index (χ4v) is 1.96. The van der Waals surface area contributed by atoms with E-state index in [-0.39, 0.29) is 17.9 Å². The first-order valence-corrected chi connectivity index (χ1v) is 6.31. The molecule has 4 heteroatoms. The molecule has 0 unspecified atom stereocenters. The predicted octanol–water partition coefficient (Wildman–Crippen LogP) is 3.24. The first-order valence-electron chi connectivity index (χ1n) is 6.31. The quantitative estimate of drug-likeness (QED) is 0.868. The van der Waals surface area contributed by atoms with Gasteiger partial charge < -0.3 is 14.6 Å². The van der Waals surface area contributed by atoms with Gasteiger partial charge in [0.15, 0.2) is 0 Å². The maximum absolute atomic E-state index is 11.8. The highest BCUT2D eigenvalue weighted by molar-refractivity contribution is 5.94. The summed E-state index contributed by atoms with van der Waals surface area (Å²) < 4.78 is 10.2. The second-order valence-electron chi connectivity index (χ2n) is 4.15. The van der Waals surface area contributed by atoms with E-state index in [2.05, 4.69) is 0 Å². The van der Waals surface area contributed by atoms with Gasteiger partial charge in [0.25, 0.3) is 0 Å². The molecule has 20 heavy (non-hydrogen) atoms. The lowest BCUT2D eigenvalue weighted by molar-refractivity contribution is 0.0523. The molecule has 0 radical (unpaired) electrons. The van der Waals surface area contributed by atoms with Crippen molar-refractivity contribution in [2.45, 2.75) is 6.92 Å². The lowest BCUT2D eigenvalue weighted by atomic mass is 10.0. The zero-order chi connectivity index (χ0) is 14.5. The van der Waals surface area contributed by atoms with Crippen LogP contribution in [0.4, 0.5) is 0 Å². The van der Waals surface area contributed by atoms with Crippen molar-refractivity contribution >= 4 is 5.97 Å². The summed E-state index contributed by atoms with van der Waals surface area (Å²) in [5.74, 6) is 0.0665. The Morgan fingerprint density at radius 3 is 2.65 bits per heavy atom. The Labute approximate surface area is 117 Å². The number of benzene rings is 2. The molecule has 0 saturated heterocycles. The smallest absolute Gasteiger partial charge is 0.341 e. The summed E-state index contributed by atoms with van der Waals surface area (Å²) in [6, 6.07) is 12.3. The van der Waals surface area contributed by atoms with E-state index in [0.717, 1.165) is 11.1 Å². The van der Waals surface area contributed by atoms with E-state index >= 15 is 0 Å². The van der Waals surface area contributed by atoms with Crippen LogP contribution in [0.5, 0.6) is 11.5 Å². The van der Waals surface area contributed by atoms with E-state index in [0.29, 0.717) is 5.75 Å². The molecule has 0 atom stereocenters. The van der Waals surface area contributed by atoms with Gasteiger partial charge in [-0.05, 0) is 30.7 Å². The van der Waals surface area contributed by atoms with Crippen LogP contribution in [0, 0.1) is 0 Å². The van der Waals surface area contributed by atoms with Crippen molar-refractivity contribution in [1.82, 2.24) is 0 Å². The summed E-state index contributed by atoms with van der Waals surface area (Å²) in [7, 11) is 1.59. The summed E-state index contributed by atoms with van der Waals surface area (Å²) in [6.07, 6.45) is 0. The minimum Gasteiger partial charge on any atom is -0.507 e.